The molecule has 0 spiro atoms. The van der Waals surface area contributed by atoms with Gasteiger partial charge in [-0.3, -0.25) is 0 Å². The molecule has 0 aliphatic heterocycles. The quantitative estimate of drug-likeness (QED) is 0.546. The van der Waals surface area contributed by atoms with Crippen molar-refractivity contribution in [3.8, 4) is 6.07 Å². The van der Waals surface area contributed by atoms with E-state index in [0.717, 1.165) is 12.0 Å². The smallest absolute Gasteiger partial charge is 0.0669 e. The van der Waals surface area contributed by atoms with Gasteiger partial charge in [-0.15, -0.1) is 0 Å². The largest absolute Gasteiger partial charge is 0.198 e. The van der Waals surface area contributed by atoms with Gasteiger partial charge < -0.3 is 0 Å². The van der Waals surface area contributed by atoms with E-state index in [9.17, 15) is 0 Å². The van der Waals surface area contributed by atoms with Crippen LogP contribution in [0.3, 0.4) is 0 Å². The minimum atomic E-state index is 0.526. The molecular formula is C9H13N. The number of hydrogen-bond donors (Lipinski definition) is 0. The third-order valence-electron chi connectivity index (χ3n) is 1.13. The van der Waals surface area contributed by atoms with E-state index in [1.165, 1.54) is 0 Å². The van der Waals surface area contributed by atoms with Crippen LogP contribution in [0.15, 0.2) is 23.8 Å². The van der Waals surface area contributed by atoms with E-state index >= 15 is 0 Å². The average Bonchev–Trinajstić information content (AvgIpc) is 1.90. The number of hydrogen-bond acceptors (Lipinski definition) is 1. The Morgan fingerprint density at radius 2 is 2.30 bits per heavy atom. The second kappa shape index (κ2) is 6.10. The fraction of sp³-hybridized carbons (Fsp3) is 0.444. The molecule has 0 fully saturated rings. The predicted octanol–water partition coefficient (Wildman–Crippen LogP) is 2.81. The molecule has 10 heavy (non-hydrogen) atoms. The molecule has 0 amide bonds. The molecule has 0 unspecified atom stereocenters. The van der Waals surface area contributed by atoms with Gasteiger partial charge in [-0.2, -0.15) is 5.26 Å². The van der Waals surface area contributed by atoms with Crippen LogP contribution in [-0.2, 0) is 0 Å². The summed E-state index contributed by atoms with van der Waals surface area (Å²) in [4.78, 5) is 0. The standard InChI is InChI=1S/C9H13N/c1-3-5-9(6-4-2)7-8-10/h3,5-6H,4,7H2,1-2H3/b5-3-,9-6+. The molecule has 0 bridgehead atoms. The highest BCUT2D eigenvalue weighted by Gasteiger charge is 1.86. The monoisotopic (exact) mass is 135 g/mol. The highest BCUT2D eigenvalue weighted by atomic mass is 14.2. The molecule has 54 valence electrons. The van der Waals surface area contributed by atoms with E-state index < -0.39 is 0 Å². The molecule has 0 aliphatic rings. The molecule has 0 saturated carbocycles. The Bertz CT molecular complexity index is 170. The minimum absolute atomic E-state index is 0.526. The maximum absolute atomic E-state index is 8.37. The summed E-state index contributed by atoms with van der Waals surface area (Å²) in [6.07, 6.45) is 7.54. The fourth-order valence-electron chi connectivity index (χ4n) is 0.767. The molecule has 0 rings (SSSR count). The first-order valence-corrected chi connectivity index (χ1v) is 3.53. The molecule has 0 N–H and O–H groups in total. The van der Waals surface area contributed by atoms with E-state index in [1.807, 2.05) is 19.1 Å². The Kier molecular flexibility index (Phi) is 5.47. The zero-order valence-electron chi connectivity index (χ0n) is 6.59. The van der Waals surface area contributed by atoms with Crippen molar-refractivity contribution in [2.75, 3.05) is 0 Å². The molecule has 0 aromatic carbocycles. The van der Waals surface area contributed by atoms with Gasteiger partial charge in [0.25, 0.3) is 0 Å². The van der Waals surface area contributed by atoms with Crippen LogP contribution < -0.4 is 0 Å². The van der Waals surface area contributed by atoms with Crippen molar-refractivity contribution < 1.29 is 0 Å². The Morgan fingerprint density at radius 3 is 2.70 bits per heavy atom. The first-order valence-electron chi connectivity index (χ1n) is 3.53. The van der Waals surface area contributed by atoms with E-state index in [0.29, 0.717) is 6.42 Å². The van der Waals surface area contributed by atoms with Crippen LogP contribution in [0.5, 0.6) is 0 Å². The molecule has 1 nitrogen and oxygen atoms in total. The van der Waals surface area contributed by atoms with Gasteiger partial charge in [0, 0.05) is 0 Å². The van der Waals surface area contributed by atoms with Crippen LogP contribution in [-0.4, -0.2) is 0 Å². The molecule has 1 heteroatoms. The van der Waals surface area contributed by atoms with Gasteiger partial charge in [0.15, 0.2) is 0 Å². The van der Waals surface area contributed by atoms with Crippen LogP contribution in [0.25, 0.3) is 0 Å². The molecule has 0 aromatic heterocycles. The summed E-state index contributed by atoms with van der Waals surface area (Å²) in [6, 6.07) is 2.12. The van der Waals surface area contributed by atoms with E-state index in [1.54, 1.807) is 0 Å². The Hall–Kier alpha value is -1.03. The summed E-state index contributed by atoms with van der Waals surface area (Å²) in [5.74, 6) is 0. The topological polar surface area (TPSA) is 23.8 Å². The number of nitriles is 1. The lowest BCUT2D eigenvalue weighted by molar-refractivity contribution is 1.16. The molecule has 0 radical (unpaired) electrons. The van der Waals surface area contributed by atoms with Gasteiger partial charge >= 0.3 is 0 Å². The van der Waals surface area contributed by atoms with Gasteiger partial charge in [0.2, 0.25) is 0 Å². The lowest BCUT2D eigenvalue weighted by Crippen LogP contribution is -1.74. The Morgan fingerprint density at radius 1 is 1.60 bits per heavy atom. The van der Waals surface area contributed by atoms with Gasteiger partial charge in [-0.1, -0.05) is 25.2 Å². The maximum atomic E-state index is 8.37. The predicted molar refractivity (Wildman–Crippen MR) is 43.4 cm³/mol. The van der Waals surface area contributed by atoms with Crippen LogP contribution in [0.2, 0.25) is 0 Å². The summed E-state index contributed by atoms with van der Waals surface area (Å²) < 4.78 is 0. The van der Waals surface area contributed by atoms with Crippen molar-refractivity contribution in [1.82, 2.24) is 0 Å². The lowest BCUT2D eigenvalue weighted by atomic mass is 10.1. The fourth-order valence-corrected chi connectivity index (χ4v) is 0.767. The van der Waals surface area contributed by atoms with Crippen molar-refractivity contribution in [2.24, 2.45) is 0 Å². The highest BCUT2D eigenvalue weighted by molar-refractivity contribution is 5.21. The normalized spacial score (nSPS) is 11.9. The van der Waals surface area contributed by atoms with Crippen molar-refractivity contribution in [3.63, 3.8) is 0 Å². The zero-order valence-corrected chi connectivity index (χ0v) is 6.59. The average molecular weight is 135 g/mol. The Labute approximate surface area is 62.7 Å². The third-order valence-corrected chi connectivity index (χ3v) is 1.13. The maximum Gasteiger partial charge on any atom is 0.0669 e. The van der Waals surface area contributed by atoms with Crippen LogP contribution in [0.4, 0.5) is 0 Å². The highest BCUT2D eigenvalue weighted by Crippen LogP contribution is 2.03. The summed E-state index contributed by atoms with van der Waals surface area (Å²) in [5.41, 5.74) is 1.12. The zero-order chi connectivity index (χ0) is 7.82. The second-order valence-corrected chi connectivity index (χ2v) is 2.02. The van der Waals surface area contributed by atoms with Crippen LogP contribution >= 0.6 is 0 Å². The van der Waals surface area contributed by atoms with Gasteiger partial charge in [0.05, 0.1) is 12.5 Å². The van der Waals surface area contributed by atoms with Crippen molar-refractivity contribution in [3.05, 3.63) is 23.8 Å². The lowest BCUT2D eigenvalue weighted by Gasteiger charge is -1.90. The first kappa shape index (κ1) is 8.97. The van der Waals surface area contributed by atoms with Gasteiger partial charge in [-0.05, 0) is 18.9 Å². The number of allylic oxidation sites excluding steroid dienone is 4. The van der Waals surface area contributed by atoms with Gasteiger partial charge in [0.1, 0.15) is 0 Å². The number of rotatable bonds is 3. The Balaban J connectivity index is 4.00. The SMILES string of the molecule is C/C=C\C(=C/CC)CC#N. The molecule has 0 heterocycles. The number of nitrogens with zero attached hydrogens (tertiary/aromatic N) is 1. The molecule has 0 atom stereocenters. The van der Waals surface area contributed by atoms with E-state index in [-0.39, 0.29) is 0 Å². The summed E-state index contributed by atoms with van der Waals surface area (Å²) >= 11 is 0. The molecule has 0 aromatic rings. The first-order chi connectivity index (χ1) is 4.85. The van der Waals surface area contributed by atoms with E-state index in [2.05, 4.69) is 19.1 Å². The summed E-state index contributed by atoms with van der Waals surface area (Å²) in [6.45, 7) is 4.03. The molecule has 0 saturated heterocycles. The molecule has 0 aliphatic carbocycles. The van der Waals surface area contributed by atoms with Crippen molar-refractivity contribution in [1.29, 1.82) is 5.26 Å². The van der Waals surface area contributed by atoms with Crippen molar-refractivity contribution >= 4 is 0 Å². The molecular weight excluding hydrogens is 122 g/mol. The second-order valence-electron chi connectivity index (χ2n) is 2.02. The van der Waals surface area contributed by atoms with Gasteiger partial charge in [-0.25, -0.2) is 0 Å². The summed E-state index contributed by atoms with van der Waals surface area (Å²) in [7, 11) is 0. The van der Waals surface area contributed by atoms with Crippen molar-refractivity contribution in [2.45, 2.75) is 26.7 Å². The minimum Gasteiger partial charge on any atom is -0.198 e. The van der Waals surface area contributed by atoms with E-state index in [4.69, 9.17) is 5.26 Å². The third kappa shape index (κ3) is 3.91. The summed E-state index contributed by atoms with van der Waals surface area (Å²) in [5, 5.41) is 8.37. The van der Waals surface area contributed by atoms with Crippen LogP contribution in [0.1, 0.15) is 26.7 Å². The van der Waals surface area contributed by atoms with Crippen LogP contribution in [0, 0.1) is 11.3 Å².